The lowest BCUT2D eigenvalue weighted by Crippen LogP contribution is -2.04. The van der Waals surface area contributed by atoms with E-state index in [1.165, 1.54) is 12.8 Å². The number of ether oxygens (including phenoxy) is 2. The van der Waals surface area contributed by atoms with E-state index in [1.54, 1.807) is 13.2 Å². The van der Waals surface area contributed by atoms with E-state index < -0.39 is 0 Å². The van der Waals surface area contributed by atoms with Crippen molar-refractivity contribution in [2.75, 3.05) is 20.3 Å². The van der Waals surface area contributed by atoms with E-state index in [1.807, 2.05) is 0 Å². The molecule has 0 bridgehead atoms. The predicted octanol–water partition coefficient (Wildman–Crippen LogP) is 2.70. The number of carbonyl (C=O) groups excluding carboxylic acids is 1. The third kappa shape index (κ3) is 11.1. The summed E-state index contributed by atoms with van der Waals surface area (Å²) in [6, 6.07) is 0. The molecule has 0 aromatic heterocycles. The normalized spacial score (nSPS) is 9.93. The Morgan fingerprint density at radius 3 is 2.33 bits per heavy atom. The largest absolute Gasteiger partial charge is 0.465 e. The molecule has 0 saturated heterocycles. The van der Waals surface area contributed by atoms with E-state index in [0.717, 1.165) is 25.9 Å². The summed E-state index contributed by atoms with van der Waals surface area (Å²) in [5.74, 6) is -0.176. The van der Waals surface area contributed by atoms with Gasteiger partial charge in [0.1, 0.15) is 0 Å². The van der Waals surface area contributed by atoms with Crippen molar-refractivity contribution in [3.63, 3.8) is 0 Å². The van der Waals surface area contributed by atoms with E-state index in [4.69, 9.17) is 9.47 Å². The van der Waals surface area contributed by atoms with Gasteiger partial charge in [0.2, 0.25) is 0 Å². The van der Waals surface area contributed by atoms with Crippen LogP contribution >= 0.6 is 0 Å². The van der Waals surface area contributed by atoms with Crippen molar-refractivity contribution < 1.29 is 14.3 Å². The van der Waals surface area contributed by atoms with Gasteiger partial charge in [-0.25, -0.2) is 0 Å². The third-order valence-corrected chi connectivity index (χ3v) is 2.07. The summed E-state index contributed by atoms with van der Waals surface area (Å²) in [5, 5.41) is 0. The maximum absolute atomic E-state index is 10.9. The lowest BCUT2D eigenvalue weighted by atomic mass is 10.1. The predicted molar refractivity (Wildman–Crippen MR) is 60.7 cm³/mol. The van der Waals surface area contributed by atoms with Gasteiger partial charge in [-0.15, -0.1) is 6.58 Å². The van der Waals surface area contributed by atoms with Crippen LogP contribution in [0.2, 0.25) is 0 Å². The SMILES string of the molecule is C=CCC(=O)OCCCCCCCOC. The van der Waals surface area contributed by atoms with E-state index in [2.05, 4.69) is 6.58 Å². The van der Waals surface area contributed by atoms with E-state index in [0.29, 0.717) is 13.0 Å². The molecule has 0 N–H and O–H groups in total. The van der Waals surface area contributed by atoms with Crippen LogP contribution in [-0.2, 0) is 14.3 Å². The van der Waals surface area contributed by atoms with Crippen LogP contribution in [0.1, 0.15) is 38.5 Å². The molecule has 0 aromatic carbocycles. The van der Waals surface area contributed by atoms with E-state index in [-0.39, 0.29) is 5.97 Å². The molecule has 0 aromatic rings. The zero-order valence-electron chi connectivity index (χ0n) is 9.67. The molecule has 0 amide bonds. The first kappa shape index (κ1) is 14.2. The van der Waals surface area contributed by atoms with Crippen LogP contribution in [-0.4, -0.2) is 26.3 Å². The average molecular weight is 214 g/mol. The molecular formula is C12H22O3. The molecule has 0 aliphatic heterocycles. The standard InChI is InChI=1S/C12H22O3/c1-3-9-12(13)15-11-8-6-4-5-7-10-14-2/h3H,1,4-11H2,2H3. The van der Waals surface area contributed by atoms with Gasteiger partial charge in [-0.05, 0) is 12.8 Å². The first-order valence-electron chi connectivity index (χ1n) is 5.56. The van der Waals surface area contributed by atoms with Crippen molar-refractivity contribution in [2.24, 2.45) is 0 Å². The minimum Gasteiger partial charge on any atom is -0.465 e. The summed E-state index contributed by atoms with van der Waals surface area (Å²) in [4.78, 5) is 10.9. The maximum Gasteiger partial charge on any atom is 0.309 e. The second-order valence-corrected chi connectivity index (χ2v) is 3.47. The Bertz CT molecular complexity index is 166. The van der Waals surface area contributed by atoms with Crippen molar-refractivity contribution in [1.82, 2.24) is 0 Å². The number of esters is 1. The smallest absolute Gasteiger partial charge is 0.309 e. The maximum atomic E-state index is 10.9. The summed E-state index contributed by atoms with van der Waals surface area (Å²) in [6.07, 6.45) is 7.44. The van der Waals surface area contributed by atoms with Crippen molar-refractivity contribution in [3.8, 4) is 0 Å². The first-order valence-corrected chi connectivity index (χ1v) is 5.56. The topological polar surface area (TPSA) is 35.5 Å². The Kier molecular flexibility index (Phi) is 10.6. The number of rotatable bonds is 10. The van der Waals surface area contributed by atoms with Gasteiger partial charge >= 0.3 is 5.97 Å². The Morgan fingerprint density at radius 1 is 1.13 bits per heavy atom. The molecule has 0 radical (unpaired) electrons. The Hall–Kier alpha value is -0.830. The Morgan fingerprint density at radius 2 is 1.73 bits per heavy atom. The highest BCUT2D eigenvalue weighted by Crippen LogP contribution is 2.03. The average Bonchev–Trinajstić information content (AvgIpc) is 2.22. The summed E-state index contributed by atoms with van der Waals surface area (Å²) >= 11 is 0. The van der Waals surface area contributed by atoms with E-state index in [9.17, 15) is 4.79 Å². The van der Waals surface area contributed by atoms with Gasteiger partial charge in [-0.1, -0.05) is 25.3 Å². The fraction of sp³-hybridized carbons (Fsp3) is 0.750. The van der Waals surface area contributed by atoms with Crippen LogP contribution in [0.5, 0.6) is 0 Å². The van der Waals surface area contributed by atoms with Crippen LogP contribution in [0.3, 0.4) is 0 Å². The molecule has 3 heteroatoms. The van der Waals surface area contributed by atoms with Gasteiger partial charge in [0, 0.05) is 13.7 Å². The molecule has 0 unspecified atom stereocenters. The summed E-state index contributed by atoms with van der Waals surface area (Å²) in [6.45, 7) is 4.85. The van der Waals surface area contributed by atoms with Crippen LogP contribution in [0.4, 0.5) is 0 Å². The van der Waals surface area contributed by atoms with Crippen molar-refractivity contribution in [3.05, 3.63) is 12.7 Å². The number of hydrogen-bond donors (Lipinski definition) is 0. The van der Waals surface area contributed by atoms with Gasteiger partial charge in [-0.3, -0.25) is 4.79 Å². The minimum atomic E-state index is -0.176. The van der Waals surface area contributed by atoms with Crippen molar-refractivity contribution in [2.45, 2.75) is 38.5 Å². The summed E-state index contributed by atoms with van der Waals surface area (Å²) in [7, 11) is 1.72. The zero-order valence-corrected chi connectivity index (χ0v) is 9.67. The lowest BCUT2D eigenvalue weighted by molar-refractivity contribution is -0.142. The zero-order chi connectivity index (χ0) is 11.4. The van der Waals surface area contributed by atoms with Crippen molar-refractivity contribution in [1.29, 1.82) is 0 Å². The molecule has 0 spiro atoms. The molecule has 88 valence electrons. The van der Waals surface area contributed by atoms with Crippen LogP contribution in [0, 0.1) is 0 Å². The fourth-order valence-corrected chi connectivity index (χ4v) is 1.24. The molecule has 0 heterocycles. The van der Waals surface area contributed by atoms with Crippen LogP contribution in [0.15, 0.2) is 12.7 Å². The van der Waals surface area contributed by atoms with Gasteiger partial charge in [0.05, 0.1) is 13.0 Å². The summed E-state index contributed by atoms with van der Waals surface area (Å²) in [5.41, 5.74) is 0. The van der Waals surface area contributed by atoms with Crippen molar-refractivity contribution >= 4 is 5.97 Å². The molecular weight excluding hydrogens is 192 g/mol. The number of unbranched alkanes of at least 4 members (excludes halogenated alkanes) is 4. The number of hydrogen-bond acceptors (Lipinski definition) is 3. The minimum absolute atomic E-state index is 0.176. The Balaban J connectivity index is 3.04. The highest BCUT2D eigenvalue weighted by molar-refractivity contribution is 5.70. The summed E-state index contributed by atoms with van der Waals surface area (Å²) < 4.78 is 9.92. The lowest BCUT2D eigenvalue weighted by Gasteiger charge is -2.03. The highest BCUT2D eigenvalue weighted by atomic mass is 16.5. The van der Waals surface area contributed by atoms with Gasteiger partial charge < -0.3 is 9.47 Å². The van der Waals surface area contributed by atoms with Gasteiger partial charge in [0.15, 0.2) is 0 Å². The highest BCUT2D eigenvalue weighted by Gasteiger charge is 1.98. The second kappa shape index (κ2) is 11.2. The quantitative estimate of drug-likeness (QED) is 0.318. The molecule has 15 heavy (non-hydrogen) atoms. The third-order valence-electron chi connectivity index (χ3n) is 2.07. The number of carbonyl (C=O) groups is 1. The monoisotopic (exact) mass is 214 g/mol. The fourth-order valence-electron chi connectivity index (χ4n) is 1.24. The molecule has 0 fully saturated rings. The molecule has 0 rings (SSSR count). The van der Waals surface area contributed by atoms with E-state index >= 15 is 0 Å². The molecule has 0 aliphatic rings. The molecule has 0 saturated carbocycles. The number of methoxy groups -OCH3 is 1. The molecule has 0 aliphatic carbocycles. The molecule has 0 atom stereocenters. The Labute approximate surface area is 92.5 Å². The second-order valence-electron chi connectivity index (χ2n) is 3.47. The van der Waals surface area contributed by atoms with Gasteiger partial charge in [0.25, 0.3) is 0 Å². The first-order chi connectivity index (χ1) is 7.31. The van der Waals surface area contributed by atoms with Gasteiger partial charge in [-0.2, -0.15) is 0 Å². The van der Waals surface area contributed by atoms with Crippen LogP contribution in [0.25, 0.3) is 0 Å². The van der Waals surface area contributed by atoms with Crippen LogP contribution < -0.4 is 0 Å². The molecule has 3 nitrogen and oxygen atoms in total.